The lowest BCUT2D eigenvalue weighted by Gasteiger charge is -2.40. The summed E-state index contributed by atoms with van der Waals surface area (Å²) in [5.41, 5.74) is 1.08. The highest BCUT2D eigenvalue weighted by atomic mass is 32.2. The average molecular weight is 312 g/mol. The Bertz CT molecular complexity index is 647. The molecule has 8 heteroatoms. The van der Waals surface area contributed by atoms with Crippen LogP contribution in [0.1, 0.15) is 30.7 Å². The molecule has 7 nitrogen and oxygen atoms in total. The van der Waals surface area contributed by atoms with Gasteiger partial charge in [-0.25, -0.2) is 8.42 Å². The van der Waals surface area contributed by atoms with Gasteiger partial charge in [0.2, 0.25) is 15.9 Å². The highest BCUT2D eigenvalue weighted by Gasteiger charge is 2.39. The maximum atomic E-state index is 12.8. The summed E-state index contributed by atoms with van der Waals surface area (Å²) in [4.78, 5) is 11.7. The third kappa shape index (κ3) is 2.46. The summed E-state index contributed by atoms with van der Waals surface area (Å²) in [7, 11) is -3.52. The molecule has 1 aromatic heterocycles. The molecule has 2 fully saturated rings. The van der Waals surface area contributed by atoms with Gasteiger partial charge in [-0.1, -0.05) is 0 Å². The molecule has 21 heavy (non-hydrogen) atoms. The second-order valence-electron chi connectivity index (χ2n) is 5.89. The Hall–Kier alpha value is -1.41. The highest BCUT2D eigenvalue weighted by molar-refractivity contribution is 7.89. The average Bonchev–Trinajstić information content (AvgIpc) is 2.78. The van der Waals surface area contributed by atoms with E-state index in [-0.39, 0.29) is 17.9 Å². The van der Waals surface area contributed by atoms with Crippen LogP contribution in [0.2, 0.25) is 0 Å². The molecule has 3 heterocycles. The number of aromatic amines is 1. The number of fused-ring (bicyclic) bond motifs is 1. The van der Waals surface area contributed by atoms with Crippen molar-refractivity contribution in [3.8, 4) is 0 Å². The van der Waals surface area contributed by atoms with Crippen molar-refractivity contribution in [1.82, 2.24) is 19.8 Å². The molecule has 3 rings (SSSR count). The molecule has 0 bridgehead atoms. The first-order chi connectivity index (χ1) is 9.89. The van der Waals surface area contributed by atoms with E-state index in [0.29, 0.717) is 42.2 Å². The summed E-state index contributed by atoms with van der Waals surface area (Å²) in [5.74, 6) is 0.285. The molecule has 0 aromatic carbocycles. The van der Waals surface area contributed by atoms with Gasteiger partial charge in [0.15, 0.2) is 0 Å². The summed E-state index contributed by atoms with van der Waals surface area (Å²) in [6.07, 6.45) is 1.91. The van der Waals surface area contributed by atoms with Crippen molar-refractivity contribution >= 4 is 15.9 Å². The van der Waals surface area contributed by atoms with E-state index in [2.05, 4.69) is 15.5 Å². The molecule has 0 radical (unpaired) electrons. The zero-order valence-corrected chi connectivity index (χ0v) is 13.0. The molecule has 2 aliphatic heterocycles. The molecule has 2 atom stereocenters. The number of amides is 1. The number of nitrogens with zero attached hydrogens (tertiary/aromatic N) is 2. The van der Waals surface area contributed by atoms with Crippen molar-refractivity contribution in [1.29, 1.82) is 0 Å². The van der Waals surface area contributed by atoms with Crippen LogP contribution in [0.5, 0.6) is 0 Å². The van der Waals surface area contributed by atoms with Crippen LogP contribution in [0.25, 0.3) is 0 Å². The number of hydrogen-bond donors (Lipinski definition) is 2. The standard InChI is InChI=1S/C13H20N4O3S/c1-8-13(9(2)16-15-8)21(19,20)17-6-5-11-10(7-17)3-4-12(18)14-11/h10-11H,3-7H2,1-2H3,(H,14,18)(H,15,16). The lowest BCUT2D eigenvalue weighted by Crippen LogP contribution is -2.55. The molecule has 2 N–H and O–H groups in total. The van der Waals surface area contributed by atoms with E-state index < -0.39 is 10.0 Å². The van der Waals surface area contributed by atoms with E-state index in [0.717, 1.165) is 6.42 Å². The van der Waals surface area contributed by atoms with Crippen molar-refractivity contribution in [2.24, 2.45) is 5.92 Å². The van der Waals surface area contributed by atoms with E-state index in [4.69, 9.17) is 0 Å². The Morgan fingerprint density at radius 2 is 2.05 bits per heavy atom. The van der Waals surface area contributed by atoms with Gasteiger partial charge in [0.05, 0.1) is 11.4 Å². The van der Waals surface area contributed by atoms with E-state index in [1.54, 1.807) is 13.8 Å². The lowest BCUT2D eigenvalue weighted by atomic mass is 9.86. The lowest BCUT2D eigenvalue weighted by molar-refractivity contribution is -0.124. The molecule has 0 spiro atoms. The fourth-order valence-corrected chi connectivity index (χ4v) is 5.19. The number of sulfonamides is 1. The normalized spacial score (nSPS) is 27.2. The largest absolute Gasteiger partial charge is 0.353 e. The van der Waals surface area contributed by atoms with Crippen LogP contribution < -0.4 is 5.32 Å². The van der Waals surface area contributed by atoms with Gasteiger partial charge in [0.25, 0.3) is 0 Å². The quantitative estimate of drug-likeness (QED) is 0.822. The van der Waals surface area contributed by atoms with Crippen molar-refractivity contribution in [3.63, 3.8) is 0 Å². The first kappa shape index (κ1) is 14.5. The first-order valence-electron chi connectivity index (χ1n) is 7.20. The monoisotopic (exact) mass is 312 g/mol. The predicted octanol–water partition coefficient (Wildman–Crippen LogP) is 0.316. The summed E-state index contributed by atoms with van der Waals surface area (Å²) in [6.45, 7) is 4.33. The molecule has 2 unspecified atom stereocenters. The van der Waals surface area contributed by atoms with Gasteiger partial charge < -0.3 is 5.32 Å². The molecule has 0 saturated carbocycles. The molecule has 0 aliphatic carbocycles. The van der Waals surface area contributed by atoms with E-state index in [9.17, 15) is 13.2 Å². The number of aromatic nitrogens is 2. The van der Waals surface area contributed by atoms with Crippen LogP contribution in [0.3, 0.4) is 0 Å². The first-order valence-corrected chi connectivity index (χ1v) is 8.64. The van der Waals surface area contributed by atoms with Crippen molar-refractivity contribution < 1.29 is 13.2 Å². The summed E-state index contributed by atoms with van der Waals surface area (Å²) in [6, 6.07) is 0.115. The van der Waals surface area contributed by atoms with Crippen LogP contribution in [-0.4, -0.2) is 48.0 Å². The topological polar surface area (TPSA) is 95.2 Å². The number of piperidine rings is 2. The second-order valence-corrected chi connectivity index (χ2v) is 7.76. The zero-order valence-electron chi connectivity index (χ0n) is 12.2. The van der Waals surface area contributed by atoms with E-state index in [1.165, 1.54) is 4.31 Å². The summed E-state index contributed by atoms with van der Waals surface area (Å²) in [5, 5.41) is 9.68. The summed E-state index contributed by atoms with van der Waals surface area (Å²) >= 11 is 0. The van der Waals surface area contributed by atoms with Crippen LogP contribution in [0.15, 0.2) is 4.90 Å². The maximum Gasteiger partial charge on any atom is 0.246 e. The fourth-order valence-electron chi connectivity index (χ4n) is 3.34. The Kier molecular flexibility index (Phi) is 3.53. The van der Waals surface area contributed by atoms with E-state index >= 15 is 0 Å². The van der Waals surface area contributed by atoms with Crippen molar-refractivity contribution in [2.45, 2.75) is 44.0 Å². The van der Waals surface area contributed by atoms with Gasteiger partial charge in [-0.2, -0.15) is 9.40 Å². The minimum Gasteiger partial charge on any atom is -0.353 e. The third-order valence-corrected chi connectivity index (χ3v) is 6.57. The Balaban J connectivity index is 1.84. The van der Waals surface area contributed by atoms with Crippen LogP contribution in [0, 0.1) is 19.8 Å². The Labute approximate surface area is 124 Å². The van der Waals surface area contributed by atoms with Crippen molar-refractivity contribution in [3.05, 3.63) is 11.4 Å². The van der Waals surface area contributed by atoms with Crippen LogP contribution >= 0.6 is 0 Å². The van der Waals surface area contributed by atoms with Crippen LogP contribution in [-0.2, 0) is 14.8 Å². The zero-order chi connectivity index (χ0) is 15.2. The Morgan fingerprint density at radius 1 is 1.29 bits per heavy atom. The molecule has 2 saturated heterocycles. The number of rotatable bonds is 2. The number of hydrogen-bond acceptors (Lipinski definition) is 4. The van der Waals surface area contributed by atoms with Gasteiger partial charge in [0.1, 0.15) is 4.90 Å². The van der Waals surface area contributed by atoms with Gasteiger partial charge >= 0.3 is 0 Å². The minimum atomic E-state index is -3.52. The molecule has 2 aliphatic rings. The molecular weight excluding hydrogens is 292 g/mol. The summed E-state index contributed by atoms with van der Waals surface area (Å²) < 4.78 is 27.2. The number of carbonyl (C=O) groups is 1. The molecular formula is C13H20N4O3S. The highest BCUT2D eigenvalue weighted by Crippen LogP contribution is 2.30. The van der Waals surface area contributed by atoms with Crippen molar-refractivity contribution in [2.75, 3.05) is 13.1 Å². The minimum absolute atomic E-state index is 0.0779. The number of carbonyl (C=O) groups excluding carboxylic acids is 1. The van der Waals surface area contributed by atoms with Crippen LogP contribution in [0.4, 0.5) is 0 Å². The number of H-pyrrole nitrogens is 1. The molecule has 1 amide bonds. The SMILES string of the molecule is Cc1n[nH]c(C)c1S(=O)(=O)N1CCC2NC(=O)CCC2C1. The van der Waals surface area contributed by atoms with Gasteiger partial charge in [-0.3, -0.25) is 9.89 Å². The molecule has 1 aromatic rings. The Morgan fingerprint density at radius 3 is 2.71 bits per heavy atom. The molecule has 116 valence electrons. The predicted molar refractivity (Wildman–Crippen MR) is 76.1 cm³/mol. The second kappa shape index (κ2) is 5.10. The fraction of sp³-hybridized carbons (Fsp3) is 0.692. The maximum absolute atomic E-state index is 12.8. The third-order valence-electron chi connectivity index (χ3n) is 4.44. The number of nitrogens with one attached hydrogen (secondary N) is 2. The van der Waals surface area contributed by atoms with E-state index in [1.807, 2.05) is 0 Å². The van der Waals surface area contributed by atoms with Gasteiger partial charge in [-0.15, -0.1) is 0 Å². The van der Waals surface area contributed by atoms with Gasteiger partial charge in [0, 0.05) is 25.6 Å². The number of aryl methyl sites for hydroxylation is 2. The smallest absolute Gasteiger partial charge is 0.246 e. The van der Waals surface area contributed by atoms with Gasteiger partial charge in [-0.05, 0) is 32.6 Å².